The van der Waals surface area contributed by atoms with E-state index < -0.39 is 5.97 Å². The summed E-state index contributed by atoms with van der Waals surface area (Å²) in [5.41, 5.74) is 0.421. The van der Waals surface area contributed by atoms with Crippen molar-refractivity contribution in [1.82, 2.24) is 14.8 Å². The van der Waals surface area contributed by atoms with E-state index in [1.807, 2.05) is 31.4 Å². The Morgan fingerprint density at radius 1 is 1.33 bits per heavy atom. The van der Waals surface area contributed by atoms with Gasteiger partial charge in [-0.25, -0.2) is 0 Å². The van der Waals surface area contributed by atoms with Crippen LogP contribution in [0.1, 0.15) is 20.8 Å². The van der Waals surface area contributed by atoms with E-state index in [4.69, 9.17) is 5.11 Å². The van der Waals surface area contributed by atoms with Crippen molar-refractivity contribution in [2.45, 2.75) is 31.5 Å². The fourth-order valence-corrected chi connectivity index (χ4v) is 2.77. The number of benzene rings is 1. The minimum absolute atomic E-state index is 0.0751. The Bertz CT molecular complexity index is 662. The summed E-state index contributed by atoms with van der Waals surface area (Å²) in [5, 5.41) is 27.2. The molecule has 21 heavy (non-hydrogen) atoms. The molecule has 0 atom stereocenters. The molecule has 112 valence electrons. The molecule has 0 fully saturated rings. The summed E-state index contributed by atoms with van der Waals surface area (Å²) < 4.78 is 1.88. The van der Waals surface area contributed by atoms with E-state index in [0.717, 1.165) is 17.3 Å². The standard InChI is InChI=1S/C14H17N3O3S/c1-14(2,3)17-12(9-5-4-6-10(18)7-9)15-16-13(17)21-8-11(19)20/h4-7,18H,8H2,1-3H3,(H,19,20). The fourth-order valence-electron chi connectivity index (χ4n) is 1.93. The van der Waals surface area contributed by atoms with Crippen LogP contribution in [0.5, 0.6) is 5.75 Å². The Morgan fingerprint density at radius 2 is 2.05 bits per heavy atom. The molecule has 0 radical (unpaired) electrons. The van der Waals surface area contributed by atoms with Crippen LogP contribution in [0.25, 0.3) is 11.4 Å². The second-order valence-electron chi connectivity index (χ2n) is 5.55. The molecule has 2 N–H and O–H groups in total. The number of phenols is 1. The second kappa shape index (κ2) is 5.77. The molecule has 0 bridgehead atoms. The average molecular weight is 307 g/mol. The van der Waals surface area contributed by atoms with E-state index in [1.165, 1.54) is 0 Å². The van der Waals surface area contributed by atoms with Gasteiger partial charge < -0.3 is 10.2 Å². The van der Waals surface area contributed by atoms with Crippen LogP contribution < -0.4 is 0 Å². The van der Waals surface area contributed by atoms with Crippen LogP contribution >= 0.6 is 11.8 Å². The first-order valence-corrected chi connectivity index (χ1v) is 7.37. The smallest absolute Gasteiger partial charge is 0.313 e. The van der Waals surface area contributed by atoms with E-state index in [-0.39, 0.29) is 17.0 Å². The first-order chi connectivity index (χ1) is 9.79. The third-order valence-electron chi connectivity index (χ3n) is 2.73. The molecular formula is C14H17N3O3S. The predicted molar refractivity (Wildman–Crippen MR) is 80.5 cm³/mol. The average Bonchev–Trinajstić information content (AvgIpc) is 2.80. The van der Waals surface area contributed by atoms with Crippen LogP contribution in [0.2, 0.25) is 0 Å². The normalized spacial score (nSPS) is 11.6. The van der Waals surface area contributed by atoms with Crippen LogP contribution in [0.3, 0.4) is 0 Å². The van der Waals surface area contributed by atoms with Crippen molar-refractivity contribution in [3.63, 3.8) is 0 Å². The lowest BCUT2D eigenvalue weighted by Crippen LogP contribution is -2.24. The number of carboxylic acids is 1. The lowest BCUT2D eigenvalue weighted by molar-refractivity contribution is -0.133. The number of carboxylic acid groups (broad SMARTS) is 1. The van der Waals surface area contributed by atoms with Gasteiger partial charge in [-0.3, -0.25) is 9.36 Å². The zero-order valence-corrected chi connectivity index (χ0v) is 12.9. The van der Waals surface area contributed by atoms with Crippen molar-refractivity contribution in [3.05, 3.63) is 24.3 Å². The number of rotatable bonds is 4. The minimum atomic E-state index is -0.901. The molecule has 0 saturated carbocycles. The van der Waals surface area contributed by atoms with Crippen molar-refractivity contribution in [2.75, 3.05) is 5.75 Å². The van der Waals surface area contributed by atoms with Gasteiger partial charge in [0.25, 0.3) is 0 Å². The number of hydrogen-bond acceptors (Lipinski definition) is 5. The van der Waals surface area contributed by atoms with Gasteiger partial charge in [0.1, 0.15) is 5.75 Å². The van der Waals surface area contributed by atoms with Crippen molar-refractivity contribution >= 4 is 17.7 Å². The van der Waals surface area contributed by atoms with E-state index >= 15 is 0 Å². The highest BCUT2D eigenvalue weighted by molar-refractivity contribution is 7.99. The summed E-state index contributed by atoms with van der Waals surface area (Å²) >= 11 is 1.13. The maximum Gasteiger partial charge on any atom is 0.313 e. The van der Waals surface area contributed by atoms with Gasteiger partial charge in [-0.2, -0.15) is 0 Å². The molecule has 1 aromatic carbocycles. The van der Waals surface area contributed by atoms with Gasteiger partial charge in [-0.1, -0.05) is 23.9 Å². The lowest BCUT2D eigenvalue weighted by atomic mass is 10.1. The van der Waals surface area contributed by atoms with Crippen LogP contribution in [-0.2, 0) is 10.3 Å². The van der Waals surface area contributed by atoms with E-state index in [9.17, 15) is 9.90 Å². The highest BCUT2D eigenvalue weighted by Crippen LogP contribution is 2.31. The monoisotopic (exact) mass is 307 g/mol. The molecule has 0 saturated heterocycles. The molecule has 0 amide bonds. The Kier molecular flexibility index (Phi) is 4.22. The largest absolute Gasteiger partial charge is 0.508 e. The van der Waals surface area contributed by atoms with E-state index in [1.54, 1.807) is 18.2 Å². The van der Waals surface area contributed by atoms with E-state index in [0.29, 0.717) is 11.0 Å². The first-order valence-electron chi connectivity index (χ1n) is 6.39. The van der Waals surface area contributed by atoms with Gasteiger partial charge in [0.05, 0.1) is 5.75 Å². The van der Waals surface area contributed by atoms with Gasteiger partial charge in [0.15, 0.2) is 11.0 Å². The third-order valence-corrected chi connectivity index (χ3v) is 3.65. The maximum absolute atomic E-state index is 10.7. The molecule has 6 nitrogen and oxygen atoms in total. The maximum atomic E-state index is 10.7. The number of nitrogens with zero attached hydrogens (tertiary/aromatic N) is 3. The van der Waals surface area contributed by atoms with Gasteiger partial charge in [0, 0.05) is 11.1 Å². The molecule has 2 aromatic rings. The molecule has 0 aliphatic rings. The summed E-state index contributed by atoms with van der Waals surface area (Å²) in [5.74, 6) is -0.224. The molecule has 0 aliphatic carbocycles. The van der Waals surface area contributed by atoms with Gasteiger partial charge in [0.2, 0.25) is 0 Å². The minimum Gasteiger partial charge on any atom is -0.508 e. The van der Waals surface area contributed by atoms with Gasteiger partial charge in [-0.05, 0) is 32.9 Å². The number of phenolic OH excluding ortho intramolecular Hbond substituents is 1. The summed E-state index contributed by atoms with van der Waals surface area (Å²) in [6.07, 6.45) is 0. The Balaban J connectivity index is 2.49. The van der Waals surface area contributed by atoms with Crippen molar-refractivity contribution in [3.8, 4) is 17.1 Å². The number of hydrogen-bond donors (Lipinski definition) is 2. The first kappa shape index (κ1) is 15.4. The Labute approximate surface area is 126 Å². The van der Waals surface area contributed by atoms with E-state index in [2.05, 4.69) is 10.2 Å². The topological polar surface area (TPSA) is 88.2 Å². The summed E-state index contributed by atoms with van der Waals surface area (Å²) in [6, 6.07) is 6.76. The van der Waals surface area contributed by atoms with Crippen LogP contribution in [0.15, 0.2) is 29.4 Å². The number of carbonyl (C=O) groups is 1. The zero-order valence-electron chi connectivity index (χ0n) is 12.1. The number of aromatic hydroxyl groups is 1. The van der Waals surface area contributed by atoms with Crippen LogP contribution in [0, 0.1) is 0 Å². The van der Waals surface area contributed by atoms with Gasteiger partial charge >= 0.3 is 5.97 Å². The van der Waals surface area contributed by atoms with Gasteiger partial charge in [-0.15, -0.1) is 10.2 Å². The van der Waals surface area contributed by atoms with Crippen molar-refractivity contribution < 1.29 is 15.0 Å². The molecular weight excluding hydrogens is 290 g/mol. The molecule has 7 heteroatoms. The van der Waals surface area contributed by atoms with Crippen LogP contribution in [-0.4, -0.2) is 36.7 Å². The van der Waals surface area contributed by atoms with Crippen molar-refractivity contribution in [1.29, 1.82) is 0 Å². The molecule has 0 aliphatic heterocycles. The molecule has 0 spiro atoms. The molecule has 1 heterocycles. The van der Waals surface area contributed by atoms with Crippen LogP contribution in [0.4, 0.5) is 0 Å². The second-order valence-corrected chi connectivity index (χ2v) is 6.49. The Morgan fingerprint density at radius 3 is 2.62 bits per heavy atom. The number of aliphatic carboxylic acids is 1. The fraction of sp³-hybridized carbons (Fsp3) is 0.357. The summed E-state index contributed by atoms with van der Waals surface area (Å²) in [7, 11) is 0. The summed E-state index contributed by atoms with van der Waals surface area (Å²) in [4.78, 5) is 10.7. The number of aromatic nitrogens is 3. The zero-order chi connectivity index (χ0) is 15.6. The Hall–Kier alpha value is -2.02. The highest BCUT2D eigenvalue weighted by Gasteiger charge is 2.24. The molecule has 1 aromatic heterocycles. The molecule has 2 rings (SSSR count). The van der Waals surface area contributed by atoms with Crippen molar-refractivity contribution in [2.24, 2.45) is 0 Å². The third kappa shape index (κ3) is 3.55. The summed E-state index contributed by atoms with van der Waals surface area (Å²) in [6.45, 7) is 5.98. The molecule has 0 unspecified atom stereocenters. The predicted octanol–water partition coefficient (Wildman–Crippen LogP) is 2.58. The lowest BCUT2D eigenvalue weighted by Gasteiger charge is -2.24. The SMILES string of the molecule is CC(C)(C)n1c(SCC(=O)O)nnc1-c1cccc(O)c1. The number of thioether (sulfide) groups is 1. The quantitative estimate of drug-likeness (QED) is 0.844. The highest BCUT2D eigenvalue weighted by atomic mass is 32.2.